The van der Waals surface area contributed by atoms with Crippen LogP contribution in [0.3, 0.4) is 0 Å². The Kier molecular flexibility index (Phi) is 6.01. The molecule has 1 fully saturated rings. The minimum absolute atomic E-state index is 0.0122. The fraction of sp³-hybridized carbons (Fsp3) is 0.273. The number of halogens is 2. The molecule has 3 aromatic rings. The fourth-order valence-electron chi connectivity index (χ4n) is 3.60. The Morgan fingerprint density at radius 2 is 1.83 bits per heavy atom. The van der Waals surface area contributed by atoms with Gasteiger partial charge in [0.2, 0.25) is 5.91 Å². The number of aromatic amines is 1. The molecule has 0 aliphatic carbocycles. The van der Waals surface area contributed by atoms with Gasteiger partial charge in [0.25, 0.3) is 5.91 Å². The molecule has 1 saturated heterocycles. The van der Waals surface area contributed by atoms with E-state index in [0.29, 0.717) is 38.4 Å². The van der Waals surface area contributed by atoms with Gasteiger partial charge in [0.1, 0.15) is 11.5 Å². The number of nitrogens with one attached hydrogen (secondary N) is 2. The number of benzene rings is 2. The first-order chi connectivity index (χ1) is 14.5. The van der Waals surface area contributed by atoms with E-state index in [2.05, 4.69) is 15.2 Å². The Hall–Kier alpha value is -2.90. The summed E-state index contributed by atoms with van der Waals surface area (Å²) >= 11 is 5.72. The molecule has 2 amide bonds. The second-order valence-corrected chi connectivity index (χ2v) is 7.76. The topological polar surface area (TPSA) is 68.4 Å². The second kappa shape index (κ2) is 8.85. The number of anilines is 1. The minimum atomic E-state index is -0.556. The van der Waals surface area contributed by atoms with Crippen molar-refractivity contribution < 1.29 is 14.0 Å². The number of piperazine rings is 1. The molecule has 0 bridgehead atoms. The Morgan fingerprint density at radius 1 is 1.07 bits per heavy atom. The monoisotopic (exact) mass is 428 g/mol. The third-order valence-electron chi connectivity index (χ3n) is 5.28. The van der Waals surface area contributed by atoms with Crippen LogP contribution in [-0.4, -0.2) is 59.3 Å². The van der Waals surface area contributed by atoms with Crippen LogP contribution < -0.4 is 5.32 Å². The van der Waals surface area contributed by atoms with Crippen LogP contribution in [0, 0.1) is 5.82 Å². The SMILES string of the molecule is O=C(CCN1CCN(C(=O)c2cc3ccccc3[nH]2)CC1)Nc1ccc(Cl)cc1F. The molecular formula is C22H22ClFN4O2. The van der Waals surface area contributed by atoms with Crippen LogP contribution in [0.4, 0.5) is 10.1 Å². The number of amides is 2. The van der Waals surface area contributed by atoms with Crippen LogP contribution in [0.15, 0.2) is 48.5 Å². The number of fused-ring (bicyclic) bond motifs is 1. The van der Waals surface area contributed by atoms with E-state index in [1.807, 2.05) is 35.2 Å². The maximum absolute atomic E-state index is 13.8. The quantitative estimate of drug-likeness (QED) is 0.650. The third-order valence-corrected chi connectivity index (χ3v) is 5.52. The van der Waals surface area contributed by atoms with Gasteiger partial charge in [-0.3, -0.25) is 14.5 Å². The summed E-state index contributed by atoms with van der Waals surface area (Å²) < 4.78 is 13.8. The summed E-state index contributed by atoms with van der Waals surface area (Å²) in [5, 5.41) is 3.87. The van der Waals surface area contributed by atoms with E-state index in [1.54, 1.807) is 0 Å². The van der Waals surface area contributed by atoms with Crippen molar-refractivity contribution in [2.45, 2.75) is 6.42 Å². The largest absolute Gasteiger partial charge is 0.351 e. The fourth-order valence-corrected chi connectivity index (χ4v) is 3.76. The van der Waals surface area contributed by atoms with Gasteiger partial charge in [-0.15, -0.1) is 0 Å². The summed E-state index contributed by atoms with van der Waals surface area (Å²) in [5.74, 6) is -0.824. The first kappa shape index (κ1) is 20.4. The number of hydrogen-bond donors (Lipinski definition) is 2. The number of rotatable bonds is 5. The average molecular weight is 429 g/mol. The lowest BCUT2D eigenvalue weighted by molar-refractivity contribution is -0.116. The Labute approximate surface area is 178 Å². The van der Waals surface area contributed by atoms with Crippen LogP contribution in [0.25, 0.3) is 10.9 Å². The van der Waals surface area contributed by atoms with Gasteiger partial charge in [0, 0.05) is 55.1 Å². The van der Waals surface area contributed by atoms with Gasteiger partial charge >= 0.3 is 0 Å². The van der Waals surface area contributed by atoms with Crippen molar-refractivity contribution in [1.82, 2.24) is 14.8 Å². The highest BCUT2D eigenvalue weighted by Crippen LogP contribution is 2.19. The highest BCUT2D eigenvalue weighted by molar-refractivity contribution is 6.30. The molecule has 30 heavy (non-hydrogen) atoms. The van der Waals surface area contributed by atoms with E-state index in [9.17, 15) is 14.0 Å². The molecule has 1 aromatic heterocycles. The number of aromatic nitrogens is 1. The summed E-state index contributed by atoms with van der Waals surface area (Å²) in [5.41, 5.74) is 1.66. The summed E-state index contributed by atoms with van der Waals surface area (Å²) in [4.78, 5) is 32.0. The van der Waals surface area contributed by atoms with Crippen molar-refractivity contribution in [3.63, 3.8) is 0 Å². The van der Waals surface area contributed by atoms with Gasteiger partial charge in [-0.05, 0) is 30.3 Å². The van der Waals surface area contributed by atoms with Crippen molar-refractivity contribution in [1.29, 1.82) is 0 Å². The van der Waals surface area contributed by atoms with Crippen molar-refractivity contribution in [3.8, 4) is 0 Å². The molecule has 0 saturated carbocycles. The number of nitrogens with zero attached hydrogens (tertiary/aromatic N) is 2. The van der Waals surface area contributed by atoms with Gasteiger partial charge in [-0.1, -0.05) is 29.8 Å². The van der Waals surface area contributed by atoms with Gasteiger partial charge in [0.15, 0.2) is 0 Å². The van der Waals surface area contributed by atoms with Crippen molar-refractivity contribution in [2.24, 2.45) is 0 Å². The van der Waals surface area contributed by atoms with E-state index >= 15 is 0 Å². The van der Waals surface area contributed by atoms with E-state index in [1.165, 1.54) is 18.2 Å². The lowest BCUT2D eigenvalue weighted by atomic mass is 10.2. The molecule has 2 N–H and O–H groups in total. The van der Waals surface area contributed by atoms with Crippen LogP contribution in [0.5, 0.6) is 0 Å². The van der Waals surface area contributed by atoms with Crippen LogP contribution in [0.2, 0.25) is 5.02 Å². The molecule has 0 atom stereocenters. The highest BCUT2D eigenvalue weighted by Gasteiger charge is 2.23. The van der Waals surface area contributed by atoms with Crippen molar-refractivity contribution in [2.75, 3.05) is 38.0 Å². The summed E-state index contributed by atoms with van der Waals surface area (Å²) in [6.45, 7) is 3.13. The maximum atomic E-state index is 13.8. The molecule has 2 aromatic carbocycles. The predicted molar refractivity (Wildman–Crippen MR) is 115 cm³/mol. The molecule has 4 rings (SSSR count). The van der Waals surface area contributed by atoms with E-state index < -0.39 is 5.82 Å². The first-order valence-corrected chi connectivity index (χ1v) is 10.2. The number of carbonyl (C=O) groups is 2. The van der Waals surface area contributed by atoms with Crippen LogP contribution in [-0.2, 0) is 4.79 Å². The number of para-hydroxylation sites is 1. The average Bonchev–Trinajstić information content (AvgIpc) is 3.18. The zero-order valence-electron chi connectivity index (χ0n) is 16.3. The molecule has 156 valence electrons. The van der Waals surface area contributed by atoms with E-state index in [0.717, 1.165) is 10.9 Å². The molecule has 1 aliphatic rings. The Balaban J connectivity index is 1.25. The second-order valence-electron chi connectivity index (χ2n) is 7.33. The summed E-state index contributed by atoms with van der Waals surface area (Å²) in [6.07, 6.45) is 0.248. The summed E-state index contributed by atoms with van der Waals surface area (Å²) in [7, 11) is 0. The number of H-pyrrole nitrogens is 1. The lowest BCUT2D eigenvalue weighted by Crippen LogP contribution is -2.49. The first-order valence-electron chi connectivity index (χ1n) is 9.84. The molecule has 1 aliphatic heterocycles. The van der Waals surface area contributed by atoms with Crippen molar-refractivity contribution >= 4 is 40.0 Å². The minimum Gasteiger partial charge on any atom is -0.351 e. The molecule has 0 unspecified atom stereocenters. The third kappa shape index (κ3) is 4.63. The standard InChI is InChI=1S/C22H22ClFN4O2/c23-16-5-6-19(17(24)14-16)26-21(29)7-8-27-9-11-28(12-10-27)22(30)20-13-15-3-1-2-4-18(15)25-20/h1-6,13-14,25H,7-12H2,(H,26,29). The molecule has 0 spiro atoms. The lowest BCUT2D eigenvalue weighted by Gasteiger charge is -2.34. The van der Waals surface area contributed by atoms with Gasteiger partial charge in [-0.2, -0.15) is 0 Å². The number of hydrogen-bond acceptors (Lipinski definition) is 3. The van der Waals surface area contributed by atoms with Crippen LogP contribution >= 0.6 is 11.6 Å². The molecule has 8 heteroatoms. The van der Waals surface area contributed by atoms with Crippen molar-refractivity contribution in [3.05, 3.63) is 65.1 Å². The zero-order valence-corrected chi connectivity index (χ0v) is 17.1. The van der Waals surface area contributed by atoms with Gasteiger partial charge in [0.05, 0.1) is 5.69 Å². The molecular weight excluding hydrogens is 407 g/mol. The van der Waals surface area contributed by atoms with Crippen LogP contribution in [0.1, 0.15) is 16.9 Å². The Morgan fingerprint density at radius 3 is 2.57 bits per heavy atom. The Bertz CT molecular complexity index is 1040. The molecule has 0 radical (unpaired) electrons. The predicted octanol–water partition coefficient (Wildman–Crippen LogP) is 3.75. The summed E-state index contributed by atoms with van der Waals surface area (Å²) in [6, 6.07) is 13.8. The molecule has 2 heterocycles. The normalized spacial score (nSPS) is 14.8. The van der Waals surface area contributed by atoms with Gasteiger partial charge in [-0.25, -0.2) is 4.39 Å². The smallest absolute Gasteiger partial charge is 0.270 e. The number of carbonyl (C=O) groups excluding carboxylic acids is 2. The zero-order chi connectivity index (χ0) is 21.1. The van der Waals surface area contributed by atoms with E-state index in [-0.39, 0.29) is 28.9 Å². The highest BCUT2D eigenvalue weighted by atomic mass is 35.5. The molecule has 6 nitrogen and oxygen atoms in total. The van der Waals surface area contributed by atoms with Gasteiger partial charge < -0.3 is 15.2 Å². The van der Waals surface area contributed by atoms with E-state index in [4.69, 9.17) is 11.6 Å². The maximum Gasteiger partial charge on any atom is 0.270 e.